The largest absolute Gasteiger partial charge is 0.512 e. The Balaban J connectivity index is 2.58. The minimum absolute atomic E-state index is 0.0111. The van der Waals surface area contributed by atoms with Gasteiger partial charge >= 0.3 is 0 Å². The average molecular weight is 279 g/mol. The molecule has 0 saturated heterocycles. The molecule has 1 aromatic rings. The van der Waals surface area contributed by atoms with E-state index in [1.165, 1.54) is 17.2 Å². The first kappa shape index (κ1) is 14.1. The molecule has 1 aliphatic carbocycles. The summed E-state index contributed by atoms with van der Waals surface area (Å²) in [6, 6.07) is 0. The Bertz CT molecular complexity index is 556. The van der Waals surface area contributed by atoms with Gasteiger partial charge in [0.1, 0.15) is 0 Å². The second-order valence-electron chi connectivity index (χ2n) is 5.43. The average Bonchev–Trinajstić information content (AvgIpc) is 2.33. The highest BCUT2D eigenvalue weighted by Crippen LogP contribution is 2.40. The monoisotopic (exact) mass is 278 g/mol. The molecule has 1 aliphatic rings. The highest BCUT2D eigenvalue weighted by atomic mass is 35.5. The van der Waals surface area contributed by atoms with Crippen LogP contribution in [-0.2, 0) is 4.79 Å². The molecule has 3 heteroatoms. The second kappa shape index (κ2) is 5.01. The van der Waals surface area contributed by atoms with Crippen molar-refractivity contribution in [2.45, 2.75) is 46.5 Å². The van der Waals surface area contributed by atoms with E-state index in [9.17, 15) is 9.90 Å². The Morgan fingerprint density at radius 1 is 1.05 bits per heavy atom. The van der Waals surface area contributed by atoms with Crippen LogP contribution in [0.15, 0.2) is 11.8 Å². The van der Waals surface area contributed by atoms with E-state index in [0.29, 0.717) is 12.8 Å². The third-order valence-corrected chi connectivity index (χ3v) is 4.78. The summed E-state index contributed by atoms with van der Waals surface area (Å²) in [6.45, 7) is 8.20. The predicted octanol–water partition coefficient (Wildman–Crippen LogP) is 4.46. The number of hydrogen-bond donors (Lipinski definition) is 1. The van der Waals surface area contributed by atoms with Gasteiger partial charge in [0.25, 0.3) is 0 Å². The Labute approximate surface area is 119 Å². The fourth-order valence-electron chi connectivity index (χ4n) is 2.86. The molecule has 0 heterocycles. The summed E-state index contributed by atoms with van der Waals surface area (Å²) in [5.74, 6) is 0.121. The number of halogens is 1. The molecule has 1 atom stereocenters. The van der Waals surface area contributed by atoms with Crippen molar-refractivity contribution in [2.75, 3.05) is 0 Å². The van der Waals surface area contributed by atoms with E-state index in [0.717, 1.165) is 21.7 Å². The number of rotatable bonds is 1. The van der Waals surface area contributed by atoms with E-state index in [1.807, 2.05) is 13.8 Å². The van der Waals surface area contributed by atoms with Crippen LogP contribution in [0.25, 0.3) is 0 Å². The lowest BCUT2D eigenvalue weighted by Crippen LogP contribution is -2.15. The highest BCUT2D eigenvalue weighted by Gasteiger charge is 2.27. The number of ketones is 1. The van der Waals surface area contributed by atoms with E-state index < -0.39 is 0 Å². The van der Waals surface area contributed by atoms with E-state index in [4.69, 9.17) is 11.6 Å². The summed E-state index contributed by atoms with van der Waals surface area (Å²) >= 11 is 6.49. The lowest BCUT2D eigenvalue weighted by molar-refractivity contribution is -0.115. The van der Waals surface area contributed by atoms with Crippen LogP contribution in [0.5, 0.6) is 0 Å². The Morgan fingerprint density at radius 3 is 2.21 bits per heavy atom. The van der Waals surface area contributed by atoms with Gasteiger partial charge in [-0.15, -0.1) is 0 Å². The molecule has 102 valence electrons. The van der Waals surface area contributed by atoms with Gasteiger partial charge in [-0.25, -0.2) is 0 Å². The van der Waals surface area contributed by atoms with Crippen molar-refractivity contribution in [3.8, 4) is 0 Å². The summed E-state index contributed by atoms with van der Waals surface area (Å²) in [6.07, 6.45) is 2.24. The van der Waals surface area contributed by atoms with Gasteiger partial charge in [0.05, 0.1) is 5.76 Å². The smallest absolute Gasteiger partial charge is 0.159 e. The van der Waals surface area contributed by atoms with Crippen LogP contribution in [0.1, 0.15) is 46.6 Å². The maximum absolute atomic E-state index is 11.6. The lowest BCUT2D eigenvalue weighted by Gasteiger charge is -2.25. The van der Waals surface area contributed by atoms with Gasteiger partial charge in [-0.05, 0) is 61.4 Å². The Hall–Kier alpha value is -1.28. The zero-order valence-electron chi connectivity index (χ0n) is 11.8. The van der Waals surface area contributed by atoms with Crippen molar-refractivity contribution < 1.29 is 9.90 Å². The molecular formula is C16H19ClO2. The zero-order chi connectivity index (χ0) is 14.3. The van der Waals surface area contributed by atoms with Crippen molar-refractivity contribution in [2.24, 2.45) is 0 Å². The van der Waals surface area contributed by atoms with Crippen molar-refractivity contribution in [1.29, 1.82) is 0 Å². The van der Waals surface area contributed by atoms with Crippen LogP contribution in [-0.4, -0.2) is 10.9 Å². The number of carbonyl (C=O) groups excluding carboxylic acids is 1. The van der Waals surface area contributed by atoms with Crippen LogP contribution in [0.4, 0.5) is 0 Å². The molecule has 0 spiro atoms. The van der Waals surface area contributed by atoms with Crippen LogP contribution >= 0.6 is 11.6 Å². The minimum Gasteiger partial charge on any atom is -0.512 e. The van der Waals surface area contributed by atoms with E-state index in [-0.39, 0.29) is 17.5 Å². The summed E-state index contributed by atoms with van der Waals surface area (Å²) < 4.78 is 0. The quantitative estimate of drug-likeness (QED) is 0.823. The molecule has 0 bridgehead atoms. The van der Waals surface area contributed by atoms with Gasteiger partial charge in [-0.1, -0.05) is 11.6 Å². The first-order valence-electron chi connectivity index (χ1n) is 6.51. The first-order valence-corrected chi connectivity index (χ1v) is 6.88. The molecule has 0 saturated carbocycles. The van der Waals surface area contributed by atoms with Gasteiger partial charge in [0.2, 0.25) is 0 Å². The van der Waals surface area contributed by atoms with Crippen LogP contribution in [0, 0.1) is 27.7 Å². The fraction of sp³-hybridized carbons (Fsp3) is 0.438. The zero-order valence-corrected chi connectivity index (χ0v) is 12.6. The van der Waals surface area contributed by atoms with E-state index in [1.54, 1.807) is 0 Å². The molecule has 19 heavy (non-hydrogen) atoms. The Morgan fingerprint density at radius 2 is 1.63 bits per heavy atom. The predicted molar refractivity (Wildman–Crippen MR) is 78.1 cm³/mol. The number of aliphatic hydroxyl groups excluding tert-OH is 1. The third-order valence-electron chi connectivity index (χ3n) is 4.30. The van der Waals surface area contributed by atoms with Gasteiger partial charge in [-0.3, -0.25) is 4.79 Å². The maximum Gasteiger partial charge on any atom is 0.159 e. The minimum atomic E-state index is -0.0277. The first-order chi connectivity index (χ1) is 8.82. The summed E-state index contributed by atoms with van der Waals surface area (Å²) in [5, 5.41) is 10.4. The van der Waals surface area contributed by atoms with Crippen molar-refractivity contribution in [3.63, 3.8) is 0 Å². The molecule has 1 unspecified atom stereocenters. The highest BCUT2D eigenvalue weighted by molar-refractivity contribution is 6.32. The van der Waals surface area contributed by atoms with Crippen LogP contribution in [0.2, 0.25) is 5.02 Å². The van der Waals surface area contributed by atoms with Crippen molar-refractivity contribution in [1.82, 2.24) is 0 Å². The second-order valence-corrected chi connectivity index (χ2v) is 5.81. The molecule has 1 aromatic carbocycles. The van der Waals surface area contributed by atoms with Gasteiger partial charge < -0.3 is 5.11 Å². The molecule has 0 radical (unpaired) electrons. The summed E-state index contributed by atoms with van der Waals surface area (Å²) in [7, 11) is 0. The summed E-state index contributed by atoms with van der Waals surface area (Å²) in [5.41, 5.74) is 5.66. The standard InChI is InChI=1S/C16H19ClO2/c1-8-9(2)11(4)16(17)15(10(8)3)12-5-13(18)7-14(19)6-12/h7,12,18H,5-6H2,1-4H3. The van der Waals surface area contributed by atoms with Gasteiger partial charge in [0.15, 0.2) is 5.78 Å². The van der Waals surface area contributed by atoms with Crippen LogP contribution < -0.4 is 0 Å². The Kier molecular flexibility index (Phi) is 3.73. The lowest BCUT2D eigenvalue weighted by atomic mass is 9.81. The molecule has 2 rings (SSSR count). The topological polar surface area (TPSA) is 37.3 Å². The SMILES string of the molecule is Cc1c(C)c(C)c(C2CC(=O)C=C(O)C2)c(Cl)c1C. The van der Waals surface area contributed by atoms with E-state index in [2.05, 4.69) is 13.8 Å². The molecule has 1 N–H and O–H groups in total. The molecule has 0 fully saturated rings. The number of benzene rings is 1. The molecule has 0 aromatic heterocycles. The molecule has 2 nitrogen and oxygen atoms in total. The molecular weight excluding hydrogens is 260 g/mol. The van der Waals surface area contributed by atoms with Gasteiger partial charge in [-0.2, -0.15) is 0 Å². The number of carbonyl (C=O) groups is 1. The van der Waals surface area contributed by atoms with Crippen LogP contribution in [0.3, 0.4) is 0 Å². The maximum atomic E-state index is 11.6. The fourth-order valence-corrected chi connectivity index (χ4v) is 3.29. The van der Waals surface area contributed by atoms with Gasteiger partial charge in [0, 0.05) is 23.9 Å². The van der Waals surface area contributed by atoms with Crippen molar-refractivity contribution >= 4 is 17.4 Å². The number of allylic oxidation sites excluding steroid dienone is 2. The van der Waals surface area contributed by atoms with Crippen molar-refractivity contribution in [3.05, 3.63) is 44.7 Å². The normalized spacial score (nSPS) is 19.5. The summed E-state index contributed by atoms with van der Waals surface area (Å²) in [4.78, 5) is 11.6. The molecule has 0 amide bonds. The molecule has 0 aliphatic heterocycles. The number of hydrogen-bond acceptors (Lipinski definition) is 2. The third kappa shape index (κ3) is 2.42. The van der Waals surface area contributed by atoms with E-state index >= 15 is 0 Å². The number of aliphatic hydroxyl groups is 1.